The van der Waals surface area contributed by atoms with E-state index in [-0.39, 0.29) is 5.91 Å². The second kappa shape index (κ2) is 3.74. The fraction of sp³-hybridized carbons (Fsp3) is 0.889. The van der Waals surface area contributed by atoms with Crippen LogP contribution in [0.3, 0.4) is 0 Å². The molecule has 0 aromatic rings. The molecule has 1 rings (SSSR count). The predicted octanol–water partition coefficient (Wildman–Crippen LogP) is 1.80. The monoisotopic (exact) mass is 155 g/mol. The number of hydrogen-bond acceptors (Lipinski definition) is 1. The number of nitrogens with zero attached hydrogens (tertiary/aromatic N) is 1. The van der Waals surface area contributed by atoms with Gasteiger partial charge in [-0.1, -0.05) is 19.8 Å². The van der Waals surface area contributed by atoms with Crippen molar-refractivity contribution in [2.45, 2.75) is 45.1 Å². The molecule has 11 heavy (non-hydrogen) atoms. The van der Waals surface area contributed by atoms with Gasteiger partial charge in [0.05, 0.1) is 0 Å². The highest BCUT2D eigenvalue weighted by atomic mass is 16.2. The third-order valence-electron chi connectivity index (χ3n) is 2.57. The molecule has 0 bridgehead atoms. The number of amides is 1. The van der Waals surface area contributed by atoms with Gasteiger partial charge in [0.15, 0.2) is 0 Å². The maximum atomic E-state index is 11.2. The lowest BCUT2D eigenvalue weighted by molar-refractivity contribution is -0.131. The maximum absolute atomic E-state index is 11.2. The fourth-order valence-corrected chi connectivity index (χ4v) is 1.74. The van der Waals surface area contributed by atoms with Crippen molar-refractivity contribution in [2.24, 2.45) is 0 Å². The molecule has 1 amide bonds. The molecule has 64 valence electrons. The van der Waals surface area contributed by atoms with Crippen LogP contribution in [0.1, 0.15) is 39.0 Å². The van der Waals surface area contributed by atoms with E-state index >= 15 is 0 Å². The van der Waals surface area contributed by atoms with E-state index in [0.717, 1.165) is 0 Å². The van der Waals surface area contributed by atoms with E-state index in [0.29, 0.717) is 12.5 Å². The molecule has 1 fully saturated rings. The number of rotatable bonds is 2. The molecule has 1 aliphatic carbocycles. The van der Waals surface area contributed by atoms with Gasteiger partial charge in [-0.25, -0.2) is 0 Å². The summed E-state index contributed by atoms with van der Waals surface area (Å²) in [5.74, 6) is 0.289. The minimum absolute atomic E-state index is 0.289. The van der Waals surface area contributed by atoms with E-state index < -0.39 is 0 Å². The third kappa shape index (κ3) is 1.95. The van der Waals surface area contributed by atoms with E-state index in [1.165, 1.54) is 25.7 Å². The molecule has 2 nitrogen and oxygen atoms in total. The van der Waals surface area contributed by atoms with E-state index in [1.54, 1.807) is 0 Å². The number of hydrogen-bond donors (Lipinski definition) is 0. The lowest BCUT2D eigenvalue weighted by Crippen LogP contribution is -2.34. The summed E-state index contributed by atoms with van der Waals surface area (Å²) in [5.41, 5.74) is 0. The molecule has 0 radical (unpaired) electrons. The molecule has 2 heteroatoms. The average molecular weight is 155 g/mol. The zero-order valence-electron chi connectivity index (χ0n) is 7.47. The number of carbonyl (C=O) groups excluding carboxylic acids is 1. The predicted molar refractivity (Wildman–Crippen MR) is 45.3 cm³/mol. The molecule has 0 atom stereocenters. The molecule has 0 aromatic carbocycles. The van der Waals surface area contributed by atoms with Crippen LogP contribution < -0.4 is 0 Å². The minimum atomic E-state index is 0.289. The van der Waals surface area contributed by atoms with Gasteiger partial charge in [-0.3, -0.25) is 4.79 Å². The van der Waals surface area contributed by atoms with Crippen molar-refractivity contribution < 1.29 is 4.79 Å². The Balaban J connectivity index is 2.39. The molecule has 0 heterocycles. The summed E-state index contributed by atoms with van der Waals surface area (Å²) < 4.78 is 0. The van der Waals surface area contributed by atoms with Crippen LogP contribution in [0.15, 0.2) is 0 Å². The van der Waals surface area contributed by atoms with Crippen molar-refractivity contribution in [3.63, 3.8) is 0 Å². The van der Waals surface area contributed by atoms with Gasteiger partial charge >= 0.3 is 0 Å². The molecule has 1 saturated carbocycles. The van der Waals surface area contributed by atoms with Crippen LogP contribution in [-0.4, -0.2) is 23.9 Å². The van der Waals surface area contributed by atoms with Crippen molar-refractivity contribution in [1.82, 2.24) is 4.90 Å². The Morgan fingerprint density at radius 1 is 1.45 bits per heavy atom. The van der Waals surface area contributed by atoms with Crippen LogP contribution in [0, 0.1) is 0 Å². The Kier molecular flexibility index (Phi) is 2.92. The molecule has 0 aromatic heterocycles. The summed E-state index contributed by atoms with van der Waals surface area (Å²) in [5, 5.41) is 0. The van der Waals surface area contributed by atoms with Crippen LogP contribution in [0.5, 0.6) is 0 Å². The van der Waals surface area contributed by atoms with Gasteiger partial charge in [0.1, 0.15) is 0 Å². The first-order chi connectivity index (χ1) is 5.25. The molecule has 0 aliphatic heterocycles. The Hall–Kier alpha value is -0.530. The molecule has 0 spiro atoms. The van der Waals surface area contributed by atoms with Gasteiger partial charge in [-0.2, -0.15) is 0 Å². The second-order valence-corrected chi connectivity index (χ2v) is 3.30. The first kappa shape index (κ1) is 8.57. The van der Waals surface area contributed by atoms with Gasteiger partial charge < -0.3 is 4.90 Å². The van der Waals surface area contributed by atoms with Gasteiger partial charge in [0.2, 0.25) is 5.91 Å². The standard InChI is InChI=1S/C9H17NO/c1-3-9(11)10(2)8-6-4-5-7-8/h8H,3-7H2,1-2H3. The summed E-state index contributed by atoms with van der Waals surface area (Å²) >= 11 is 0. The van der Waals surface area contributed by atoms with Gasteiger partial charge in [0.25, 0.3) is 0 Å². The van der Waals surface area contributed by atoms with Gasteiger partial charge in [0, 0.05) is 19.5 Å². The van der Waals surface area contributed by atoms with E-state index in [2.05, 4.69) is 0 Å². The minimum Gasteiger partial charge on any atom is -0.343 e. The highest BCUT2D eigenvalue weighted by Crippen LogP contribution is 2.22. The first-order valence-electron chi connectivity index (χ1n) is 4.51. The summed E-state index contributed by atoms with van der Waals surface area (Å²) in [6.07, 6.45) is 5.66. The smallest absolute Gasteiger partial charge is 0.222 e. The molecule has 1 aliphatic rings. The maximum Gasteiger partial charge on any atom is 0.222 e. The van der Waals surface area contributed by atoms with Crippen molar-refractivity contribution in [3.05, 3.63) is 0 Å². The average Bonchev–Trinajstić information content (AvgIpc) is 2.53. The molecular weight excluding hydrogens is 138 g/mol. The SMILES string of the molecule is CCC(=O)N(C)C1CCCC1. The summed E-state index contributed by atoms with van der Waals surface area (Å²) in [4.78, 5) is 13.1. The van der Waals surface area contributed by atoms with E-state index in [1.807, 2.05) is 18.9 Å². The lowest BCUT2D eigenvalue weighted by Gasteiger charge is -2.23. The quantitative estimate of drug-likeness (QED) is 0.595. The first-order valence-corrected chi connectivity index (χ1v) is 4.51. The summed E-state index contributed by atoms with van der Waals surface area (Å²) in [7, 11) is 1.93. The Labute approximate surface area is 68.6 Å². The number of carbonyl (C=O) groups is 1. The highest BCUT2D eigenvalue weighted by Gasteiger charge is 2.21. The summed E-state index contributed by atoms with van der Waals surface area (Å²) in [6.45, 7) is 1.92. The van der Waals surface area contributed by atoms with Crippen molar-refractivity contribution in [1.29, 1.82) is 0 Å². The molecular formula is C9H17NO. The fourth-order valence-electron chi connectivity index (χ4n) is 1.74. The molecule has 0 saturated heterocycles. The second-order valence-electron chi connectivity index (χ2n) is 3.30. The Bertz CT molecular complexity index is 138. The summed E-state index contributed by atoms with van der Waals surface area (Å²) in [6, 6.07) is 0.544. The van der Waals surface area contributed by atoms with Gasteiger partial charge in [-0.05, 0) is 12.8 Å². The van der Waals surface area contributed by atoms with Crippen LogP contribution in [-0.2, 0) is 4.79 Å². The van der Waals surface area contributed by atoms with Crippen LogP contribution in [0.25, 0.3) is 0 Å². The van der Waals surface area contributed by atoms with Gasteiger partial charge in [-0.15, -0.1) is 0 Å². The highest BCUT2D eigenvalue weighted by molar-refractivity contribution is 5.75. The third-order valence-corrected chi connectivity index (χ3v) is 2.57. The van der Waals surface area contributed by atoms with E-state index in [4.69, 9.17) is 0 Å². The topological polar surface area (TPSA) is 20.3 Å². The lowest BCUT2D eigenvalue weighted by atomic mass is 10.2. The van der Waals surface area contributed by atoms with Crippen LogP contribution >= 0.6 is 0 Å². The normalized spacial score (nSPS) is 18.7. The van der Waals surface area contributed by atoms with Crippen molar-refractivity contribution >= 4 is 5.91 Å². The zero-order valence-corrected chi connectivity index (χ0v) is 7.47. The molecule has 0 N–H and O–H groups in total. The Morgan fingerprint density at radius 3 is 2.45 bits per heavy atom. The van der Waals surface area contributed by atoms with E-state index in [9.17, 15) is 4.79 Å². The zero-order chi connectivity index (χ0) is 8.27. The van der Waals surface area contributed by atoms with Crippen LogP contribution in [0.4, 0.5) is 0 Å². The van der Waals surface area contributed by atoms with Crippen molar-refractivity contribution in [3.8, 4) is 0 Å². The van der Waals surface area contributed by atoms with Crippen LogP contribution in [0.2, 0.25) is 0 Å². The molecule has 0 unspecified atom stereocenters. The Morgan fingerprint density at radius 2 is 2.00 bits per heavy atom. The van der Waals surface area contributed by atoms with Crippen molar-refractivity contribution in [2.75, 3.05) is 7.05 Å². The largest absolute Gasteiger partial charge is 0.343 e.